The highest BCUT2D eigenvalue weighted by Gasteiger charge is 2.16. The molecule has 4 rings (SSSR count). The van der Waals surface area contributed by atoms with Gasteiger partial charge in [-0.15, -0.1) is 0 Å². The molecule has 5 heteroatoms. The zero-order valence-electron chi connectivity index (χ0n) is 12.5. The van der Waals surface area contributed by atoms with Crippen molar-refractivity contribution in [2.24, 2.45) is 7.05 Å². The van der Waals surface area contributed by atoms with E-state index >= 15 is 0 Å². The van der Waals surface area contributed by atoms with E-state index in [1.54, 1.807) is 4.68 Å². The number of aliphatic hydroxyl groups excluding tert-OH is 1. The molecule has 1 N–H and O–H groups in total. The molecule has 3 aromatic heterocycles. The van der Waals surface area contributed by atoms with E-state index < -0.39 is 0 Å². The minimum Gasteiger partial charge on any atom is -0.393 e. The van der Waals surface area contributed by atoms with Gasteiger partial charge in [-0.05, 0) is 30.9 Å². The zero-order valence-corrected chi connectivity index (χ0v) is 12.5. The number of hydrogen-bond acceptors (Lipinski definition) is 3. The Morgan fingerprint density at radius 2 is 2.05 bits per heavy atom. The molecule has 0 radical (unpaired) electrons. The maximum absolute atomic E-state index is 9.63. The molecule has 22 heavy (non-hydrogen) atoms. The molecule has 1 atom stereocenters. The highest BCUT2D eigenvalue weighted by Crippen LogP contribution is 2.30. The molecule has 1 aliphatic carbocycles. The summed E-state index contributed by atoms with van der Waals surface area (Å²) >= 11 is 0. The first-order valence-corrected chi connectivity index (χ1v) is 7.54. The second kappa shape index (κ2) is 5.10. The minimum atomic E-state index is -0.192. The smallest absolute Gasteiger partial charge is 0.0737 e. The van der Waals surface area contributed by atoms with Gasteiger partial charge in [0, 0.05) is 36.1 Å². The molecule has 3 aromatic rings. The van der Waals surface area contributed by atoms with Crippen LogP contribution < -0.4 is 0 Å². The number of aliphatic hydroxyl groups is 1. The van der Waals surface area contributed by atoms with Crippen molar-refractivity contribution in [3.63, 3.8) is 0 Å². The van der Waals surface area contributed by atoms with Gasteiger partial charge in [-0.1, -0.05) is 12.1 Å². The first-order chi connectivity index (χ1) is 10.7. The fourth-order valence-electron chi connectivity index (χ4n) is 3.04. The molecular weight excluding hydrogens is 276 g/mol. The Bertz CT molecular complexity index is 859. The molecule has 0 fully saturated rings. The Kier molecular flexibility index (Phi) is 3.08. The minimum absolute atomic E-state index is 0.192. The van der Waals surface area contributed by atoms with Gasteiger partial charge >= 0.3 is 0 Å². The largest absolute Gasteiger partial charge is 0.393 e. The summed E-state index contributed by atoms with van der Waals surface area (Å²) in [5, 5.41) is 18.3. The molecule has 0 saturated heterocycles. The highest BCUT2D eigenvalue weighted by molar-refractivity contribution is 5.79. The van der Waals surface area contributed by atoms with Crippen molar-refractivity contribution in [1.82, 2.24) is 19.4 Å². The summed E-state index contributed by atoms with van der Waals surface area (Å²) in [6.45, 7) is 0. The van der Waals surface area contributed by atoms with Gasteiger partial charge in [0.2, 0.25) is 0 Å². The zero-order chi connectivity index (χ0) is 15.1. The number of nitrogens with zero attached hydrogens (tertiary/aromatic N) is 4. The normalized spacial score (nSPS) is 18.6. The van der Waals surface area contributed by atoms with Crippen LogP contribution in [-0.4, -0.2) is 30.6 Å². The fraction of sp³-hybridized carbons (Fsp3) is 0.294. The van der Waals surface area contributed by atoms with Gasteiger partial charge in [0.1, 0.15) is 0 Å². The van der Waals surface area contributed by atoms with Crippen LogP contribution in [0.4, 0.5) is 0 Å². The van der Waals surface area contributed by atoms with E-state index in [4.69, 9.17) is 0 Å². The van der Waals surface area contributed by atoms with Gasteiger partial charge < -0.3 is 5.11 Å². The first kappa shape index (κ1) is 13.3. The van der Waals surface area contributed by atoms with Crippen LogP contribution in [0.2, 0.25) is 0 Å². The summed E-state index contributed by atoms with van der Waals surface area (Å²) in [5.41, 5.74) is 5.75. The number of hydrogen-bond donors (Lipinski definition) is 1. The number of fused-ring (bicyclic) bond motifs is 1. The number of rotatable bonds is 2. The third-order valence-electron chi connectivity index (χ3n) is 4.28. The SMILES string of the molecule is Cn1cc(-c2ccc3c(C4=CCC(O)CC4)cnn3c2)cn1. The Morgan fingerprint density at radius 3 is 2.77 bits per heavy atom. The summed E-state index contributed by atoms with van der Waals surface area (Å²) in [5.74, 6) is 0. The molecule has 3 heterocycles. The third-order valence-corrected chi connectivity index (χ3v) is 4.28. The predicted octanol–water partition coefficient (Wildman–Crippen LogP) is 2.66. The van der Waals surface area contributed by atoms with Crippen LogP contribution in [0.5, 0.6) is 0 Å². The third kappa shape index (κ3) is 2.23. The maximum atomic E-state index is 9.63. The van der Waals surface area contributed by atoms with Gasteiger partial charge in [0.25, 0.3) is 0 Å². The standard InChI is InChI=1S/C17H18N4O/c1-20-10-14(8-18-20)13-4-7-17-16(9-19-21(17)11-13)12-2-5-15(22)6-3-12/h2,4,7-11,15,22H,3,5-6H2,1H3. The van der Waals surface area contributed by atoms with Crippen molar-refractivity contribution in [2.45, 2.75) is 25.4 Å². The van der Waals surface area contributed by atoms with E-state index in [0.717, 1.165) is 35.9 Å². The molecule has 1 unspecified atom stereocenters. The second-order valence-corrected chi connectivity index (χ2v) is 5.87. The van der Waals surface area contributed by atoms with Crippen LogP contribution in [-0.2, 0) is 7.05 Å². The molecule has 1 aliphatic rings. The quantitative estimate of drug-likeness (QED) is 0.790. The van der Waals surface area contributed by atoms with E-state index in [9.17, 15) is 5.11 Å². The van der Waals surface area contributed by atoms with Crippen LogP contribution in [0.1, 0.15) is 24.8 Å². The lowest BCUT2D eigenvalue weighted by Gasteiger charge is -2.16. The second-order valence-electron chi connectivity index (χ2n) is 5.87. The number of aromatic nitrogens is 4. The lowest BCUT2D eigenvalue weighted by molar-refractivity contribution is 0.166. The van der Waals surface area contributed by atoms with Crippen molar-refractivity contribution in [2.75, 3.05) is 0 Å². The van der Waals surface area contributed by atoms with Crippen LogP contribution in [0, 0.1) is 0 Å². The van der Waals surface area contributed by atoms with Crippen molar-refractivity contribution < 1.29 is 5.11 Å². The topological polar surface area (TPSA) is 55.3 Å². The lowest BCUT2D eigenvalue weighted by Crippen LogP contribution is -2.09. The number of aryl methyl sites for hydroxylation is 1. The summed E-state index contributed by atoms with van der Waals surface area (Å²) in [4.78, 5) is 0. The maximum Gasteiger partial charge on any atom is 0.0737 e. The Morgan fingerprint density at radius 1 is 1.14 bits per heavy atom. The Balaban J connectivity index is 1.74. The summed E-state index contributed by atoms with van der Waals surface area (Å²) in [7, 11) is 1.91. The first-order valence-electron chi connectivity index (χ1n) is 7.54. The van der Waals surface area contributed by atoms with E-state index in [0.29, 0.717) is 0 Å². The Labute approximate surface area is 128 Å². The van der Waals surface area contributed by atoms with Crippen LogP contribution in [0.3, 0.4) is 0 Å². The average molecular weight is 294 g/mol. The van der Waals surface area contributed by atoms with Crippen molar-refractivity contribution in [3.8, 4) is 11.1 Å². The Hall–Kier alpha value is -2.40. The summed E-state index contributed by atoms with van der Waals surface area (Å²) < 4.78 is 3.72. The van der Waals surface area contributed by atoms with Crippen molar-refractivity contribution in [3.05, 3.63) is 48.6 Å². The predicted molar refractivity (Wildman–Crippen MR) is 85.2 cm³/mol. The summed E-state index contributed by atoms with van der Waals surface area (Å²) in [6, 6.07) is 4.21. The van der Waals surface area contributed by atoms with E-state index in [1.165, 1.54) is 11.1 Å². The van der Waals surface area contributed by atoms with Gasteiger partial charge in [0.05, 0.1) is 24.0 Å². The molecule has 0 aromatic carbocycles. The molecular formula is C17H18N4O. The van der Waals surface area contributed by atoms with E-state index in [-0.39, 0.29) is 6.10 Å². The van der Waals surface area contributed by atoms with Gasteiger partial charge in [-0.2, -0.15) is 10.2 Å². The van der Waals surface area contributed by atoms with Gasteiger partial charge in [-0.25, -0.2) is 4.52 Å². The van der Waals surface area contributed by atoms with Crippen molar-refractivity contribution >= 4 is 11.1 Å². The molecule has 0 amide bonds. The fourth-order valence-corrected chi connectivity index (χ4v) is 3.04. The van der Waals surface area contributed by atoms with Crippen molar-refractivity contribution in [1.29, 1.82) is 0 Å². The highest BCUT2D eigenvalue weighted by atomic mass is 16.3. The van der Waals surface area contributed by atoms with Gasteiger partial charge in [-0.3, -0.25) is 4.68 Å². The molecule has 5 nitrogen and oxygen atoms in total. The van der Waals surface area contributed by atoms with E-state index in [2.05, 4.69) is 28.4 Å². The average Bonchev–Trinajstić information content (AvgIpc) is 3.14. The van der Waals surface area contributed by atoms with Crippen LogP contribution >= 0.6 is 0 Å². The molecule has 0 saturated carbocycles. The number of pyridine rings is 1. The van der Waals surface area contributed by atoms with Crippen LogP contribution in [0.25, 0.3) is 22.2 Å². The van der Waals surface area contributed by atoms with E-state index in [1.807, 2.05) is 36.4 Å². The number of allylic oxidation sites excluding steroid dienone is 1. The summed E-state index contributed by atoms with van der Waals surface area (Å²) in [6.07, 6.45) is 12.2. The molecule has 0 spiro atoms. The monoisotopic (exact) mass is 294 g/mol. The lowest BCUT2D eigenvalue weighted by atomic mass is 9.93. The van der Waals surface area contributed by atoms with Crippen LogP contribution in [0.15, 0.2) is 43.0 Å². The molecule has 112 valence electrons. The molecule has 0 bridgehead atoms. The molecule has 0 aliphatic heterocycles. The van der Waals surface area contributed by atoms with Gasteiger partial charge in [0.15, 0.2) is 0 Å².